The van der Waals surface area contributed by atoms with Crippen LogP contribution in [0.25, 0.3) is 5.57 Å². The molecule has 0 aliphatic carbocycles. The van der Waals surface area contributed by atoms with E-state index in [9.17, 15) is 18.0 Å². The second-order valence-corrected chi connectivity index (χ2v) is 5.19. The van der Waals surface area contributed by atoms with E-state index in [1.165, 1.54) is 0 Å². The summed E-state index contributed by atoms with van der Waals surface area (Å²) in [7, 11) is 3.89. The highest BCUT2D eigenvalue weighted by atomic mass is 19.4. The Bertz CT molecular complexity index is 565. The zero-order valence-corrected chi connectivity index (χ0v) is 12.4. The zero-order chi connectivity index (χ0) is 16.3. The monoisotopic (exact) mass is 314 g/mol. The van der Waals surface area contributed by atoms with Gasteiger partial charge in [-0.15, -0.1) is 5.06 Å². The van der Waals surface area contributed by atoms with Crippen LogP contribution in [-0.4, -0.2) is 44.4 Å². The van der Waals surface area contributed by atoms with Crippen LogP contribution in [0.15, 0.2) is 30.3 Å². The first-order chi connectivity index (χ1) is 10.3. The molecule has 22 heavy (non-hydrogen) atoms. The molecule has 0 unspecified atom stereocenters. The predicted molar refractivity (Wildman–Crippen MR) is 77.1 cm³/mol. The number of hydroxylamine groups is 2. The van der Waals surface area contributed by atoms with Crippen LogP contribution in [0.4, 0.5) is 18.9 Å². The summed E-state index contributed by atoms with van der Waals surface area (Å²) >= 11 is 0. The Morgan fingerprint density at radius 1 is 1.23 bits per heavy atom. The molecule has 0 fully saturated rings. The third-order valence-corrected chi connectivity index (χ3v) is 3.37. The number of nitrogens with zero attached hydrogens (tertiary/aromatic N) is 2. The lowest BCUT2D eigenvalue weighted by atomic mass is 10.00. The summed E-state index contributed by atoms with van der Waals surface area (Å²) < 4.78 is 36.4. The van der Waals surface area contributed by atoms with Crippen molar-refractivity contribution in [2.45, 2.75) is 12.6 Å². The third-order valence-electron chi connectivity index (χ3n) is 3.37. The highest BCUT2D eigenvalue weighted by Gasteiger charge is 2.42. The Morgan fingerprint density at radius 2 is 1.86 bits per heavy atom. The molecule has 7 heteroatoms. The van der Waals surface area contributed by atoms with Gasteiger partial charge < -0.3 is 9.74 Å². The minimum absolute atomic E-state index is 0.145. The van der Waals surface area contributed by atoms with Gasteiger partial charge in [0.15, 0.2) is 0 Å². The Labute approximate surface area is 126 Å². The van der Waals surface area contributed by atoms with Crippen molar-refractivity contribution < 1.29 is 22.8 Å². The maximum absolute atomic E-state index is 12.1. The molecular weight excluding hydrogens is 297 g/mol. The summed E-state index contributed by atoms with van der Waals surface area (Å²) in [5.41, 5.74) is 3.12. The number of carbonyl (C=O) groups excluding carboxylic acids is 1. The summed E-state index contributed by atoms with van der Waals surface area (Å²) in [6, 6.07) is 7.90. The Balaban J connectivity index is 1.98. The van der Waals surface area contributed by atoms with E-state index in [-0.39, 0.29) is 13.1 Å². The van der Waals surface area contributed by atoms with E-state index in [0.29, 0.717) is 6.42 Å². The average molecular weight is 314 g/mol. The van der Waals surface area contributed by atoms with Gasteiger partial charge in [-0.05, 0) is 29.7 Å². The van der Waals surface area contributed by atoms with Crippen molar-refractivity contribution in [3.8, 4) is 0 Å². The van der Waals surface area contributed by atoms with Crippen LogP contribution in [-0.2, 0) is 9.63 Å². The van der Waals surface area contributed by atoms with Crippen molar-refractivity contribution in [3.05, 3.63) is 35.9 Å². The fourth-order valence-electron chi connectivity index (χ4n) is 2.14. The van der Waals surface area contributed by atoms with Gasteiger partial charge in [0.2, 0.25) is 0 Å². The first-order valence-electron chi connectivity index (χ1n) is 6.78. The lowest BCUT2D eigenvalue weighted by Crippen LogP contribution is -2.37. The fraction of sp³-hybridized carbons (Fsp3) is 0.400. The van der Waals surface area contributed by atoms with Gasteiger partial charge in [-0.1, -0.05) is 18.2 Å². The number of anilines is 1. The van der Waals surface area contributed by atoms with Gasteiger partial charge in [-0.25, -0.2) is 4.79 Å². The van der Waals surface area contributed by atoms with Crippen molar-refractivity contribution in [3.63, 3.8) is 0 Å². The number of hydrogen-bond donors (Lipinski definition) is 0. The standard InChI is InChI=1S/C15H17F3N2O2/c1-19(2)13-5-3-11(4-6-13)12-7-9-20(10-8-12)22-14(21)15(16,17)18/h3-7H,8-10H2,1-2H3. The van der Waals surface area contributed by atoms with Gasteiger partial charge in [0.25, 0.3) is 0 Å². The minimum atomic E-state index is -4.97. The maximum atomic E-state index is 12.1. The van der Waals surface area contributed by atoms with E-state index >= 15 is 0 Å². The molecule has 0 aromatic heterocycles. The molecule has 1 aliphatic heterocycles. The van der Waals surface area contributed by atoms with Crippen molar-refractivity contribution in [2.75, 3.05) is 32.1 Å². The highest BCUT2D eigenvalue weighted by molar-refractivity contribution is 5.75. The lowest BCUT2D eigenvalue weighted by molar-refractivity contribution is -0.237. The van der Waals surface area contributed by atoms with Gasteiger partial charge in [0.05, 0.1) is 6.54 Å². The number of halogens is 3. The number of rotatable bonds is 3. The van der Waals surface area contributed by atoms with Gasteiger partial charge in [0, 0.05) is 26.3 Å². The van der Waals surface area contributed by atoms with Gasteiger partial charge in [-0.3, -0.25) is 0 Å². The highest BCUT2D eigenvalue weighted by Crippen LogP contribution is 2.25. The van der Waals surface area contributed by atoms with Crippen LogP contribution in [0, 0.1) is 0 Å². The third kappa shape index (κ3) is 4.00. The van der Waals surface area contributed by atoms with Crippen LogP contribution in [0.5, 0.6) is 0 Å². The summed E-state index contributed by atoms with van der Waals surface area (Å²) in [6.45, 7) is 0.385. The maximum Gasteiger partial charge on any atom is 0.492 e. The molecule has 0 bridgehead atoms. The Hall–Kier alpha value is -2.02. The first-order valence-corrected chi connectivity index (χ1v) is 6.78. The molecule has 0 saturated carbocycles. The molecule has 1 aromatic carbocycles. The van der Waals surface area contributed by atoms with Gasteiger partial charge >= 0.3 is 12.1 Å². The summed E-state index contributed by atoms with van der Waals surface area (Å²) in [5.74, 6) is -2.18. The Morgan fingerprint density at radius 3 is 2.32 bits per heavy atom. The number of benzene rings is 1. The van der Waals surface area contributed by atoms with Gasteiger partial charge in [-0.2, -0.15) is 13.2 Å². The van der Waals surface area contributed by atoms with E-state index in [1.54, 1.807) is 6.08 Å². The molecular formula is C15H17F3N2O2. The van der Waals surface area contributed by atoms with E-state index < -0.39 is 12.1 Å². The van der Waals surface area contributed by atoms with Crippen molar-refractivity contribution >= 4 is 17.2 Å². The second-order valence-electron chi connectivity index (χ2n) is 5.19. The summed E-state index contributed by atoms with van der Waals surface area (Å²) in [6.07, 6.45) is -2.67. The smallest absolute Gasteiger partial charge is 0.378 e. The van der Waals surface area contributed by atoms with E-state index in [0.717, 1.165) is 21.9 Å². The summed E-state index contributed by atoms with van der Waals surface area (Å²) in [5, 5.41) is 1.02. The van der Waals surface area contributed by atoms with Crippen molar-refractivity contribution in [1.82, 2.24) is 5.06 Å². The van der Waals surface area contributed by atoms with E-state index in [1.807, 2.05) is 43.3 Å². The quantitative estimate of drug-likeness (QED) is 0.859. The summed E-state index contributed by atoms with van der Waals surface area (Å²) in [4.78, 5) is 17.1. The molecule has 1 aromatic rings. The average Bonchev–Trinajstić information content (AvgIpc) is 2.47. The minimum Gasteiger partial charge on any atom is -0.378 e. The van der Waals surface area contributed by atoms with Crippen molar-refractivity contribution in [2.24, 2.45) is 0 Å². The Kier molecular flexibility index (Phi) is 4.75. The van der Waals surface area contributed by atoms with Crippen LogP contribution >= 0.6 is 0 Å². The molecule has 0 spiro atoms. The molecule has 0 N–H and O–H groups in total. The normalized spacial score (nSPS) is 16.1. The molecule has 0 saturated heterocycles. The lowest BCUT2D eigenvalue weighted by Gasteiger charge is -2.25. The number of alkyl halides is 3. The molecule has 120 valence electrons. The molecule has 2 rings (SSSR count). The SMILES string of the molecule is CN(C)c1ccc(C2=CCN(OC(=O)C(F)(F)F)CC2)cc1. The zero-order valence-electron chi connectivity index (χ0n) is 12.4. The van der Waals surface area contributed by atoms with Crippen LogP contribution in [0.3, 0.4) is 0 Å². The fourth-order valence-corrected chi connectivity index (χ4v) is 2.14. The molecule has 4 nitrogen and oxygen atoms in total. The van der Waals surface area contributed by atoms with E-state index in [2.05, 4.69) is 4.84 Å². The number of carbonyl (C=O) groups is 1. The van der Waals surface area contributed by atoms with Crippen molar-refractivity contribution in [1.29, 1.82) is 0 Å². The molecule has 1 heterocycles. The number of hydrogen-bond acceptors (Lipinski definition) is 4. The largest absolute Gasteiger partial charge is 0.492 e. The predicted octanol–water partition coefficient (Wildman–Crippen LogP) is 2.86. The second kappa shape index (κ2) is 6.39. The van der Waals surface area contributed by atoms with E-state index in [4.69, 9.17) is 0 Å². The molecule has 1 aliphatic rings. The molecule has 0 radical (unpaired) electrons. The first kappa shape index (κ1) is 16.4. The molecule has 0 amide bonds. The molecule has 0 atom stereocenters. The van der Waals surface area contributed by atoms with Gasteiger partial charge in [0.1, 0.15) is 0 Å². The topological polar surface area (TPSA) is 32.8 Å². The van der Waals surface area contributed by atoms with Crippen LogP contribution < -0.4 is 4.90 Å². The van der Waals surface area contributed by atoms with Crippen LogP contribution in [0.1, 0.15) is 12.0 Å². The van der Waals surface area contributed by atoms with Crippen LogP contribution in [0.2, 0.25) is 0 Å².